The Labute approximate surface area is 306 Å². The number of anilines is 2. The molecule has 2 aliphatic carbocycles. The lowest BCUT2D eigenvalue weighted by Gasteiger charge is -2.50. The van der Waals surface area contributed by atoms with Gasteiger partial charge in [0.1, 0.15) is 5.69 Å². The number of benzene rings is 3. The average Bonchev–Trinajstić information content (AvgIpc) is 3.45. The van der Waals surface area contributed by atoms with E-state index in [-0.39, 0.29) is 44.1 Å². The Bertz CT molecular complexity index is 2200. The summed E-state index contributed by atoms with van der Waals surface area (Å²) in [5.41, 5.74) is -2.44. The zero-order chi connectivity index (χ0) is 37.9. The Morgan fingerprint density at radius 3 is 2.08 bits per heavy atom. The number of halogens is 8. The van der Waals surface area contributed by atoms with Gasteiger partial charge < -0.3 is 9.84 Å². The third-order valence-corrected chi connectivity index (χ3v) is 12.0. The van der Waals surface area contributed by atoms with Crippen LogP contribution in [0.15, 0.2) is 52.5 Å². The minimum atomic E-state index is -2.87. The molecule has 2 heterocycles. The molecule has 7 rings (SSSR count). The largest absolute Gasteiger partial charge is 0.504 e. The van der Waals surface area contributed by atoms with Crippen LogP contribution < -0.4 is 14.5 Å². The summed E-state index contributed by atoms with van der Waals surface area (Å²) in [6, 6.07) is 7.11. The van der Waals surface area contributed by atoms with Crippen molar-refractivity contribution in [1.82, 2.24) is 0 Å². The summed E-state index contributed by atoms with van der Waals surface area (Å²) in [4.78, 5) is 62.0. The van der Waals surface area contributed by atoms with Crippen molar-refractivity contribution in [2.24, 2.45) is 17.8 Å². The molecule has 4 aliphatic rings. The highest BCUT2D eigenvalue weighted by molar-refractivity contribution is 9.10. The number of fused-ring (bicyclic) bond motifs is 4. The minimum absolute atomic E-state index is 0.0184. The van der Waals surface area contributed by atoms with Gasteiger partial charge in [0.2, 0.25) is 17.6 Å². The molecule has 11 nitrogen and oxygen atoms in total. The van der Waals surface area contributed by atoms with E-state index >= 15 is 8.78 Å². The van der Waals surface area contributed by atoms with Gasteiger partial charge in [0.25, 0.3) is 17.5 Å². The Balaban J connectivity index is 1.44. The Morgan fingerprint density at radius 2 is 1.50 bits per heavy atom. The quantitative estimate of drug-likeness (QED) is 0.0446. The molecule has 270 valence electrons. The van der Waals surface area contributed by atoms with Gasteiger partial charge in [-0.05, 0) is 43.0 Å². The van der Waals surface area contributed by atoms with Crippen molar-refractivity contribution < 1.29 is 55.9 Å². The molecule has 6 atom stereocenters. The highest BCUT2D eigenvalue weighted by Gasteiger charge is 2.77. The van der Waals surface area contributed by atoms with Crippen LogP contribution in [-0.4, -0.2) is 50.5 Å². The number of aromatic hydroxyl groups is 1. The van der Waals surface area contributed by atoms with E-state index in [0.29, 0.717) is 0 Å². The first-order valence-electron chi connectivity index (χ1n) is 15.1. The van der Waals surface area contributed by atoms with Crippen LogP contribution in [0.2, 0.25) is 0 Å². The third-order valence-electron chi connectivity index (χ3n) is 10.1. The van der Waals surface area contributed by atoms with E-state index in [1.165, 1.54) is 37.5 Å². The Hall–Kier alpha value is -4.61. The van der Waals surface area contributed by atoms with Gasteiger partial charge in [0.15, 0.2) is 44.5 Å². The number of carbonyl (C=O) groups is 4. The van der Waals surface area contributed by atoms with Crippen LogP contribution in [0.3, 0.4) is 0 Å². The van der Waals surface area contributed by atoms with Crippen molar-refractivity contribution in [1.29, 1.82) is 0 Å². The number of phenolic OH excluding ortho intramolecular Hbond substituents is 1. The second-order valence-electron chi connectivity index (χ2n) is 12.5. The van der Waals surface area contributed by atoms with Crippen LogP contribution >= 0.6 is 39.1 Å². The summed E-state index contributed by atoms with van der Waals surface area (Å²) in [6.45, 7) is 0. The van der Waals surface area contributed by atoms with Gasteiger partial charge in [-0.3, -0.25) is 34.2 Å². The normalized spacial score (nSPS) is 28.1. The van der Waals surface area contributed by atoms with E-state index in [2.05, 4.69) is 15.9 Å². The second kappa shape index (κ2) is 12.0. The van der Waals surface area contributed by atoms with Crippen molar-refractivity contribution >= 4 is 79.8 Å². The number of carbonyl (C=O) groups excluding carboxylic acids is 4. The molecule has 4 amide bonds. The van der Waals surface area contributed by atoms with Gasteiger partial charge in [0.05, 0.1) is 29.6 Å². The number of imide groups is 2. The molecule has 19 heteroatoms. The number of hydrogen-bond donors (Lipinski definition) is 1. The van der Waals surface area contributed by atoms with Gasteiger partial charge in [-0.1, -0.05) is 27.6 Å². The molecule has 0 radical (unpaired) electrons. The predicted molar refractivity (Wildman–Crippen MR) is 174 cm³/mol. The molecule has 1 saturated carbocycles. The number of methoxy groups -OCH3 is 1. The molecule has 0 unspecified atom stereocenters. The molecule has 1 N–H and O–H groups in total. The molecular formula is C33H19BrCl2F5N3O8. The zero-order valence-electron chi connectivity index (χ0n) is 25.9. The number of amides is 4. The first-order valence-corrected chi connectivity index (χ1v) is 16.6. The lowest BCUT2D eigenvalue weighted by atomic mass is 9.56. The van der Waals surface area contributed by atoms with Gasteiger partial charge in [-0.15, -0.1) is 23.2 Å². The Morgan fingerprint density at radius 1 is 0.904 bits per heavy atom. The number of hydrogen-bond acceptors (Lipinski definition) is 8. The summed E-state index contributed by atoms with van der Waals surface area (Å²) in [5.74, 6) is -23.8. The number of phenols is 1. The van der Waals surface area contributed by atoms with E-state index in [1.807, 2.05) is 0 Å². The smallest absolute Gasteiger partial charge is 0.269 e. The van der Waals surface area contributed by atoms with Crippen LogP contribution in [0.25, 0.3) is 0 Å². The monoisotopic (exact) mass is 829 g/mol. The number of nitro groups is 1. The van der Waals surface area contributed by atoms with Gasteiger partial charge >= 0.3 is 0 Å². The fraction of sp³-hybridized carbons (Fsp3) is 0.273. The van der Waals surface area contributed by atoms with Gasteiger partial charge in [-0.25, -0.2) is 26.9 Å². The van der Waals surface area contributed by atoms with Crippen LogP contribution in [0.4, 0.5) is 39.0 Å². The maximum atomic E-state index is 15.3. The maximum Gasteiger partial charge on any atom is 0.269 e. The summed E-state index contributed by atoms with van der Waals surface area (Å²) in [5, 5.41) is 22.6. The van der Waals surface area contributed by atoms with Gasteiger partial charge in [0, 0.05) is 28.1 Å². The lowest BCUT2D eigenvalue weighted by molar-refractivity contribution is -0.384. The van der Waals surface area contributed by atoms with Crippen molar-refractivity contribution in [2.75, 3.05) is 16.9 Å². The molecule has 52 heavy (non-hydrogen) atoms. The number of nitro benzene ring substituents is 1. The molecule has 2 saturated heterocycles. The number of ether oxygens (including phenoxy) is 1. The minimum Gasteiger partial charge on any atom is -0.504 e. The summed E-state index contributed by atoms with van der Waals surface area (Å²) >= 11 is 17.5. The fourth-order valence-corrected chi connectivity index (χ4v) is 9.24. The number of allylic oxidation sites excluding steroid dienone is 2. The van der Waals surface area contributed by atoms with Crippen molar-refractivity contribution in [3.8, 4) is 11.5 Å². The number of alkyl halides is 2. The first kappa shape index (κ1) is 35.8. The van der Waals surface area contributed by atoms with Crippen molar-refractivity contribution in [2.45, 2.75) is 28.5 Å². The standard InChI is InChI=1S/C33H19BrCl2F5N3O8/c1-52-18-9-11(34)8-16(27(18)45)20-14-6-7-15-19(29(47)42(28(15)46)12-2-4-13(5-3-12)44(50)51)17(14)10-32(35)30(48)43(31(49)33(20,32)36)26-24(40)22(38)21(37)23(39)25(26)41/h2-6,8-9,15,17,19-20,45H,7,10H2,1H3/t15-,17+,19-,20+,32+,33-/m0/s1. The molecule has 0 bridgehead atoms. The Kier molecular flexibility index (Phi) is 8.23. The molecule has 0 aromatic heterocycles. The molecule has 3 aromatic carbocycles. The fourth-order valence-electron chi connectivity index (χ4n) is 7.86. The SMILES string of the molecule is COc1cc(Br)cc([C@H]2C3=CC[C@@H]4C(=O)N(c5ccc([N+](=O)[O-])cc5)C(=O)[C@@H]4[C@@H]3C[C@@]3(Cl)C(=O)N(c4c(F)c(F)c(F)c(F)c4F)C(=O)[C@@]23Cl)c1O. The summed E-state index contributed by atoms with van der Waals surface area (Å²) in [6.07, 6.45) is 0.517. The summed E-state index contributed by atoms with van der Waals surface area (Å²) < 4.78 is 78.9. The highest BCUT2D eigenvalue weighted by atomic mass is 79.9. The van der Waals surface area contributed by atoms with E-state index < -0.39 is 109 Å². The maximum absolute atomic E-state index is 15.3. The predicted octanol–water partition coefficient (Wildman–Crippen LogP) is 6.54. The molecule has 2 aliphatic heterocycles. The van der Waals surface area contributed by atoms with E-state index in [4.69, 9.17) is 27.9 Å². The molecule has 3 fully saturated rings. The zero-order valence-corrected chi connectivity index (χ0v) is 29.0. The van der Waals surface area contributed by atoms with Crippen LogP contribution in [-0.2, 0) is 19.2 Å². The molecule has 0 spiro atoms. The first-order chi connectivity index (χ1) is 24.4. The lowest BCUT2D eigenvalue weighted by Crippen LogP contribution is -2.60. The van der Waals surface area contributed by atoms with E-state index in [0.717, 1.165) is 17.0 Å². The molecule has 3 aromatic rings. The van der Waals surface area contributed by atoms with Crippen molar-refractivity contribution in [3.05, 3.63) is 97.3 Å². The topological polar surface area (TPSA) is 147 Å². The average molecular weight is 831 g/mol. The summed E-state index contributed by atoms with van der Waals surface area (Å²) in [7, 11) is 1.19. The third kappa shape index (κ3) is 4.54. The van der Waals surface area contributed by atoms with E-state index in [9.17, 15) is 47.6 Å². The van der Waals surface area contributed by atoms with Crippen LogP contribution in [0.5, 0.6) is 11.5 Å². The number of non-ortho nitro benzene ring substituents is 1. The van der Waals surface area contributed by atoms with Gasteiger partial charge in [-0.2, -0.15) is 0 Å². The highest BCUT2D eigenvalue weighted by Crippen LogP contribution is 2.67. The van der Waals surface area contributed by atoms with Crippen molar-refractivity contribution in [3.63, 3.8) is 0 Å². The number of nitrogens with zero attached hydrogens (tertiary/aromatic N) is 3. The van der Waals surface area contributed by atoms with E-state index in [1.54, 1.807) is 0 Å². The van der Waals surface area contributed by atoms with Crippen LogP contribution in [0.1, 0.15) is 24.3 Å². The number of rotatable bonds is 5. The molecular weight excluding hydrogens is 812 g/mol. The van der Waals surface area contributed by atoms with Crippen LogP contribution in [0, 0.1) is 57.0 Å². The second-order valence-corrected chi connectivity index (χ2v) is 14.7.